The van der Waals surface area contributed by atoms with E-state index in [1.165, 1.54) is 12.8 Å². The number of nitrogens with zero attached hydrogens (tertiary/aromatic N) is 2. The first kappa shape index (κ1) is 21.7. The molecule has 2 amide bonds. The molecule has 0 spiro atoms. The van der Waals surface area contributed by atoms with E-state index in [0.29, 0.717) is 24.7 Å². The number of aromatic amines is 1. The van der Waals surface area contributed by atoms with Gasteiger partial charge in [0, 0.05) is 49.1 Å². The molecule has 2 aromatic rings. The maximum atomic E-state index is 13.0. The maximum absolute atomic E-state index is 13.0. The molecule has 2 aliphatic heterocycles. The average molecular weight is 427 g/mol. The second kappa shape index (κ2) is 9.73. The number of hydrogen-bond donors (Lipinski definition) is 2. The number of amides is 2. The van der Waals surface area contributed by atoms with Crippen molar-refractivity contribution >= 4 is 22.7 Å². The SMILES string of the molecule is COc1ccc2cc(C(=O)N3CCC([C@@H](C)C(=O)NCCN4CCCC4)CC3)[nH]c2c1. The molecule has 0 saturated carbocycles. The van der Waals surface area contributed by atoms with E-state index in [4.69, 9.17) is 4.74 Å². The van der Waals surface area contributed by atoms with Crippen LogP contribution in [0, 0.1) is 11.8 Å². The molecule has 2 saturated heterocycles. The zero-order chi connectivity index (χ0) is 21.8. The molecular weight excluding hydrogens is 392 g/mol. The number of carbonyl (C=O) groups excluding carboxylic acids is 2. The van der Waals surface area contributed by atoms with Crippen molar-refractivity contribution in [2.24, 2.45) is 11.8 Å². The van der Waals surface area contributed by atoms with Crippen LogP contribution in [0.15, 0.2) is 24.3 Å². The van der Waals surface area contributed by atoms with Crippen molar-refractivity contribution in [1.29, 1.82) is 0 Å². The van der Waals surface area contributed by atoms with Gasteiger partial charge in [0.15, 0.2) is 0 Å². The number of aromatic nitrogens is 1. The van der Waals surface area contributed by atoms with E-state index in [-0.39, 0.29) is 17.7 Å². The Bertz CT molecular complexity index is 911. The molecule has 0 unspecified atom stereocenters. The largest absolute Gasteiger partial charge is 0.497 e. The number of benzene rings is 1. The Morgan fingerprint density at radius 2 is 1.90 bits per heavy atom. The summed E-state index contributed by atoms with van der Waals surface area (Å²) in [5.74, 6) is 1.24. The Hall–Kier alpha value is -2.54. The van der Waals surface area contributed by atoms with Crippen LogP contribution >= 0.6 is 0 Å². The lowest BCUT2D eigenvalue weighted by Gasteiger charge is -2.34. The number of fused-ring (bicyclic) bond motifs is 1. The van der Waals surface area contributed by atoms with Gasteiger partial charge in [0.1, 0.15) is 11.4 Å². The van der Waals surface area contributed by atoms with Gasteiger partial charge in [-0.25, -0.2) is 0 Å². The van der Waals surface area contributed by atoms with Crippen LogP contribution in [0.5, 0.6) is 5.75 Å². The average Bonchev–Trinajstić information content (AvgIpc) is 3.47. The van der Waals surface area contributed by atoms with E-state index in [1.54, 1.807) is 7.11 Å². The molecule has 2 aliphatic rings. The summed E-state index contributed by atoms with van der Waals surface area (Å²) < 4.78 is 5.26. The zero-order valence-electron chi connectivity index (χ0n) is 18.7. The van der Waals surface area contributed by atoms with Gasteiger partial charge >= 0.3 is 0 Å². The Labute approximate surface area is 184 Å². The van der Waals surface area contributed by atoms with E-state index in [9.17, 15) is 9.59 Å². The predicted octanol–water partition coefficient (Wildman–Crippen LogP) is 2.88. The molecule has 2 fully saturated rings. The van der Waals surface area contributed by atoms with Crippen LogP contribution in [-0.2, 0) is 4.79 Å². The quantitative estimate of drug-likeness (QED) is 0.714. The van der Waals surface area contributed by atoms with Crippen LogP contribution in [0.3, 0.4) is 0 Å². The van der Waals surface area contributed by atoms with E-state index < -0.39 is 0 Å². The van der Waals surface area contributed by atoms with Gasteiger partial charge in [0.25, 0.3) is 5.91 Å². The monoisotopic (exact) mass is 426 g/mol. The lowest BCUT2D eigenvalue weighted by atomic mass is 9.84. The minimum absolute atomic E-state index is 0.0172. The van der Waals surface area contributed by atoms with E-state index in [2.05, 4.69) is 15.2 Å². The summed E-state index contributed by atoms with van der Waals surface area (Å²) in [4.78, 5) is 33.1. The third kappa shape index (κ3) is 5.03. The summed E-state index contributed by atoms with van der Waals surface area (Å²) in [6, 6.07) is 7.66. The maximum Gasteiger partial charge on any atom is 0.270 e. The number of carbonyl (C=O) groups is 2. The smallest absolute Gasteiger partial charge is 0.270 e. The fourth-order valence-corrected chi connectivity index (χ4v) is 4.84. The van der Waals surface area contributed by atoms with Gasteiger partial charge in [0.05, 0.1) is 7.11 Å². The number of piperidine rings is 1. The second-order valence-corrected chi connectivity index (χ2v) is 8.89. The van der Waals surface area contributed by atoms with Crippen LogP contribution in [-0.4, -0.2) is 73.0 Å². The molecule has 2 N–H and O–H groups in total. The number of nitrogens with one attached hydrogen (secondary N) is 2. The summed E-state index contributed by atoms with van der Waals surface area (Å²) in [6.45, 7) is 7.39. The Kier molecular flexibility index (Phi) is 6.80. The topological polar surface area (TPSA) is 77.7 Å². The molecule has 1 aromatic carbocycles. The summed E-state index contributed by atoms with van der Waals surface area (Å²) >= 11 is 0. The summed E-state index contributed by atoms with van der Waals surface area (Å²) in [5.41, 5.74) is 1.51. The number of ether oxygens (including phenoxy) is 1. The van der Waals surface area contributed by atoms with E-state index in [0.717, 1.165) is 55.7 Å². The van der Waals surface area contributed by atoms with Gasteiger partial charge in [-0.15, -0.1) is 0 Å². The van der Waals surface area contributed by atoms with Gasteiger partial charge in [-0.05, 0) is 62.9 Å². The lowest BCUT2D eigenvalue weighted by Crippen LogP contribution is -2.43. The van der Waals surface area contributed by atoms with Crippen molar-refractivity contribution in [1.82, 2.24) is 20.1 Å². The highest BCUT2D eigenvalue weighted by Crippen LogP contribution is 2.27. The molecule has 31 heavy (non-hydrogen) atoms. The van der Waals surface area contributed by atoms with Gasteiger partial charge in [-0.3, -0.25) is 9.59 Å². The third-order valence-electron chi connectivity index (χ3n) is 6.93. The van der Waals surface area contributed by atoms with Crippen molar-refractivity contribution in [3.8, 4) is 5.75 Å². The Morgan fingerprint density at radius 1 is 1.16 bits per heavy atom. The normalized spacial score (nSPS) is 19.0. The molecule has 3 heterocycles. The van der Waals surface area contributed by atoms with Gasteiger partial charge in [-0.2, -0.15) is 0 Å². The van der Waals surface area contributed by atoms with Crippen LogP contribution in [0.4, 0.5) is 0 Å². The molecule has 1 aromatic heterocycles. The lowest BCUT2D eigenvalue weighted by molar-refractivity contribution is -0.126. The van der Waals surface area contributed by atoms with Crippen molar-refractivity contribution in [2.45, 2.75) is 32.6 Å². The molecule has 0 aliphatic carbocycles. The van der Waals surface area contributed by atoms with Gasteiger partial charge in [-0.1, -0.05) is 6.92 Å². The van der Waals surface area contributed by atoms with Crippen LogP contribution in [0.1, 0.15) is 43.1 Å². The van der Waals surface area contributed by atoms with Crippen molar-refractivity contribution in [2.75, 3.05) is 46.4 Å². The fourth-order valence-electron chi connectivity index (χ4n) is 4.84. The summed E-state index contributed by atoms with van der Waals surface area (Å²) in [5, 5.41) is 4.11. The van der Waals surface area contributed by atoms with Crippen LogP contribution in [0.25, 0.3) is 10.9 Å². The molecule has 1 atom stereocenters. The minimum Gasteiger partial charge on any atom is -0.497 e. The molecule has 0 bridgehead atoms. The first-order valence-corrected chi connectivity index (χ1v) is 11.5. The highest BCUT2D eigenvalue weighted by atomic mass is 16.5. The number of hydrogen-bond acceptors (Lipinski definition) is 4. The van der Waals surface area contributed by atoms with E-state index in [1.807, 2.05) is 36.1 Å². The van der Waals surface area contributed by atoms with Crippen molar-refractivity contribution in [3.63, 3.8) is 0 Å². The Balaban J connectivity index is 1.26. The zero-order valence-corrected chi connectivity index (χ0v) is 18.7. The molecule has 7 nitrogen and oxygen atoms in total. The number of H-pyrrole nitrogens is 1. The molecule has 7 heteroatoms. The van der Waals surface area contributed by atoms with Crippen LogP contribution in [0.2, 0.25) is 0 Å². The predicted molar refractivity (Wildman–Crippen MR) is 121 cm³/mol. The number of rotatable bonds is 7. The Morgan fingerprint density at radius 3 is 2.61 bits per heavy atom. The summed E-state index contributed by atoms with van der Waals surface area (Å²) in [7, 11) is 1.63. The number of methoxy groups -OCH3 is 1. The van der Waals surface area contributed by atoms with Crippen molar-refractivity contribution in [3.05, 3.63) is 30.0 Å². The molecule has 168 valence electrons. The first-order valence-electron chi connectivity index (χ1n) is 11.5. The summed E-state index contributed by atoms with van der Waals surface area (Å²) in [6.07, 6.45) is 4.27. The minimum atomic E-state index is -0.0172. The molecule has 0 radical (unpaired) electrons. The second-order valence-electron chi connectivity index (χ2n) is 8.89. The van der Waals surface area contributed by atoms with Gasteiger partial charge in [0.2, 0.25) is 5.91 Å². The van der Waals surface area contributed by atoms with Crippen LogP contribution < -0.4 is 10.1 Å². The van der Waals surface area contributed by atoms with E-state index >= 15 is 0 Å². The fraction of sp³-hybridized carbons (Fsp3) is 0.583. The third-order valence-corrected chi connectivity index (χ3v) is 6.93. The molecular formula is C24H34N4O3. The highest BCUT2D eigenvalue weighted by molar-refractivity contribution is 5.98. The first-order chi connectivity index (χ1) is 15.0. The molecule has 4 rings (SSSR count). The van der Waals surface area contributed by atoms with Crippen molar-refractivity contribution < 1.29 is 14.3 Å². The van der Waals surface area contributed by atoms with Gasteiger partial charge < -0.3 is 24.8 Å². The number of likely N-dealkylation sites (tertiary alicyclic amines) is 2. The standard InChI is InChI=1S/C24H34N4O3/c1-17(23(29)25-9-14-27-10-3-4-11-27)18-7-12-28(13-8-18)24(30)22-15-19-5-6-20(31-2)16-21(19)26-22/h5-6,15-18,26H,3-4,7-14H2,1-2H3,(H,25,29)/t17-/m1/s1. The highest BCUT2D eigenvalue weighted by Gasteiger charge is 2.30.